The lowest BCUT2D eigenvalue weighted by atomic mass is 10.1. The highest BCUT2D eigenvalue weighted by Gasteiger charge is 2.19. The Balaban J connectivity index is 1.90. The second kappa shape index (κ2) is 11.5. The van der Waals surface area contributed by atoms with Gasteiger partial charge in [0.25, 0.3) is 10.2 Å². The fourth-order valence-corrected chi connectivity index (χ4v) is 3.52. The molecule has 0 radical (unpaired) electrons. The van der Waals surface area contributed by atoms with E-state index in [0.29, 0.717) is 5.56 Å². The molecule has 0 fully saturated rings. The molecule has 0 atom stereocenters. The molecule has 3 rings (SSSR count). The zero-order chi connectivity index (χ0) is 27.4. The molecular formula is C19H20Br2N6O4S. The number of hydrogen-bond donors (Lipinski definition) is 2. The average Bonchev–Trinajstić information content (AvgIpc) is 2.80. The summed E-state index contributed by atoms with van der Waals surface area (Å²) in [7, 11) is -4.44. The van der Waals surface area contributed by atoms with E-state index in [1.807, 2.05) is 4.72 Å². The van der Waals surface area contributed by atoms with Crippen molar-refractivity contribution in [1.29, 1.82) is 0 Å². The molecule has 2 aromatic heterocycles. The highest BCUT2D eigenvalue weighted by Crippen LogP contribution is 2.34. The number of nitrogens with one attached hydrogen (secondary N) is 2. The Hall–Kier alpha value is -2.35. The molecule has 32 heavy (non-hydrogen) atoms. The number of anilines is 1. The second-order valence-corrected chi connectivity index (χ2v) is 8.96. The first kappa shape index (κ1) is 18.1. The molecule has 1 aromatic carbocycles. The van der Waals surface area contributed by atoms with Crippen molar-refractivity contribution in [2.75, 3.05) is 24.4 Å². The van der Waals surface area contributed by atoms with Crippen LogP contribution in [-0.4, -0.2) is 48.1 Å². The quantitative estimate of drug-likeness (QED) is 0.323. The van der Waals surface area contributed by atoms with Crippen LogP contribution >= 0.6 is 31.9 Å². The monoisotopic (exact) mass is 591 g/mol. The van der Waals surface area contributed by atoms with E-state index in [0.717, 1.165) is 4.47 Å². The number of halogens is 2. The van der Waals surface area contributed by atoms with Crippen molar-refractivity contribution < 1.29 is 24.7 Å². The third-order valence-electron chi connectivity index (χ3n) is 3.56. The number of rotatable bonds is 11. The number of aromatic nitrogens is 4. The van der Waals surface area contributed by atoms with E-state index >= 15 is 0 Å². The van der Waals surface area contributed by atoms with Crippen LogP contribution in [0.15, 0.2) is 51.9 Å². The minimum Gasteiger partial charge on any atom is -0.473 e. The largest absolute Gasteiger partial charge is 0.473 e. The Morgan fingerprint density at radius 3 is 2.41 bits per heavy atom. The fraction of sp³-hybridized carbons (Fsp3) is 0.263. The SMILES string of the molecule is [2H]c1nc(NS(=O)(=O)NC([2H])([2H])CC)c(-c2ccc(Br)cc2)c(OCCOc2nc([2H])c(Br)c([2H])n2)n1. The summed E-state index contributed by atoms with van der Waals surface area (Å²) in [6.07, 6.45) is -1.12. The summed E-state index contributed by atoms with van der Waals surface area (Å²) in [6.45, 7) is -1.02. The summed E-state index contributed by atoms with van der Waals surface area (Å²) in [5.74, 6) is -0.437. The lowest BCUT2D eigenvalue weighted by Crippen LogP contribution is -2.31. The summed E-state index contributed by atoms with van der Waals surface area (Å²) in [5.41, 5.74) is 0.553. The molecule has 3 aromatic rings. The third kappa shape index (κ3) is 7.08. The minimum atomic E-state index is -4.44. The van der Waals surface area contributed by atoms with Crippen LogP contribution in [-0.2, 0) is 10.2 Å². The smallest absolute Gasteiger partial charge is 0.316 e. The minimum absolute atomic E-state index is 0.104. The molecule has 0 saturated carbocycles. The van der Waals surface area contributed by atoms with Gasteiger partial charge in [0.05, 0.1) is 12.8 Å². The Labute approximate surface area is 209 Å². The highest BCUT2D eigenvalue weighted by molar-refractivity contribution is 9.10. The first-order chi connectivity index (χ1) is 17.3. The average molecular weight is 593 g/mol. The Bertz CT molecular complexity index is 1360. The van der Waals surface area contributed by atoms with Gasteiger partial charge in [-0.1, -0.05) is 35.0 Å². The predicted octanol–water partition coefficient (Wildman–Crippen LogP) is 3.57. The van der Waals surface area contributed by atoms with Gasteiger partial charge in [-0.3, -0.25) is 4.72 Å². The highest BCUT2D eigenvalue weighted by atomic mass is 79.9. The van der Waals surface area contributed by atoms with Gasteiger partial charge in [0, 0.05) is 26.1 Å². The zero-order valence-electron chi connectivity index (χ0n) is 21.5. The molecule has 0 aliphatic rings. The standard InChI is InChI=1S/C19H20Br2N6O4S/c1-2-7-26-32(28,29)27-17-16(13-3-5-14(20)6-4-13)18(25-12-24-17)30-8-9-31-19-22-10-15(21)11-23-19/h3-6,10-12,26H,2,7-9H2,1H3,(H,24,25,27)/i7D2,10D,11D,12D. The first-order valence-corrected chi connectivity index (χ1v) is 12.1. The third-order valence-corrected chi connectivity index (χ3v) is 5.32. The van der Waals surface area contributed by atoms with Crippen LogP contribution in [0.2, 0.25) is 0 Å². The van der Waals surface area contributed by atoms with E-state index in [4.69, 9.17) is 16.3 Å². The maximum atomic E-state index is 12.6. The Kier molecular flexibility index (Phi) is 6.51. The zero-order valence-corrected chi connectivity index (χ0v) is 20.5. The second-order valence-electron chi connectivity index (χ2n) is 5.84. The molecule has 0 bridgehead atoms. The van der Waals surface area contributed by atoms with Crippen molar-refractivity contribution in [2.45, 2.75) is 13.3 Å². The molecule has 2 heterocycles. The molecule has 0 aliphatic carbocycles. The van der Waals surface area contributed by atoms with E-state index < -0.39 is 23.0 Å². The molecule has 0 aliphatic heterocycles. The van der Waals surface area contributed by atoms with Crippen LogP contribution < -0.4 is 18.9 Å². The van der Waals surface area contributed by atoms with E-state index in [1.165, 1.54) is 6.92 Å². The van der Waals surface area contributed by atoms with E-state index in [-0.39, 0.29) is 59.7 Å². The molecule has 10 nitrogen and oxygen atoms in total. The summed E-state index contributed by atoms with van der Waals surface area (Å²) in [5, 5.41) is 0. The molecule has 13 heteroatoms. The number of benzene rings is 1. The first-order valence-electron chi connectivity index (χ1n) is 11.5. The number of ether oxygens (including phenoxy) is 2. The van der Waals surface area contributed by atoms with Crippen molar-refractivity contribution >= 4 is 47.9 Å². The fourth-order valence-electron chi connectivity index (χ4n) is 2.29. The van der Waals surface area contributed by atoms with Crippen molar-refractivity contribution in [2.24, 2.45) is 0 Å². The van der Waals surface area contributed by atoms with Crippen LogP contribution in [0.1, 0.15) is 20.2 Å². The van der Waals surface area contributed by atoms with E-state index in [9.17, 15) is 8.42 Å². The summed E-state index contributed by atoms with van der Waals surface area (Å²) >= 11 is 6.36. The van der Waals surface area contributed by atoms with Crippen LogP contribution in [0.4, 0.5) is 5.82 Å². The van der Waals surface area contributed by atoms with Crippen molar-refractivity contribution in [3.05, 3.63) is 51.9 Å². The van der Waals surface area contributed by atoms with Gasteiger partial charge in [-0.05, 0) is 40.0 Å². The molecule has 0 spiro atoms. The lowest BCUT2D eigenvalue weighted by Gasteiger charge is -2.15. The van der Waals surface area contributed by atoms with Gasteiger partial charge in [0.2, 0.25) is 5.88 Å². The topological polar surface area (TPSA) is 128 Å². The van der Waals surface area contributed by atoms with Crippen LogP contribution in [0.25, 0.3) is 11.1 Å². The molecular weight excluding hydrogens is 568 g/mol. The van der Waals surface area contributed by atoms with Gasteiger partial charge in [-0.25, -0.2) is 19.9 Å². The van der Waals surface area contributed by atoms with Crippen LogP contribution in [0.3, 0.4) is 0 Å². The van der Waals surface area contributed by atoms with Gasteiger partial charge in [0.15, 0.2) is 5.82 Å². The Morgan fingerprint density at radius 2 is 1.72 bits per heavy atom. The Morgan fingerprint density at radius 1 is 1.03 bits per heavy atom. The van der Waals surface area contributed by atoms with Gasteiger partial charge in [0.1, 0.15) is 20.9 Å². The van der Waals surface area contributed by atoms with Crippen molar-refractivity contribution in [1.82, 2.24) is 24.7 Å². The summed E-state index contributed by atoms with van der Waals surface area (Å²) in [4.78, 5) is 15.5. The van der Waals surface area contributed by atoms with E-state index in [1.54, 1.807) is 24.3 Å². The lowest BCUT2D eigenvalue weighted by molar-refractivity contribution is 0.202. The van der Waals surface area contributed by atoms with Crippen LogP contribution in [0, 0.1) is 0 Å². The predicted molar refractivity (Wildman–Crippen MR) is 127 cm³/mol. The van der Waals surface area contributed by atoms with Crippen molar-refractivity contribution in [3.63, 3.8) is 0 Å². The maximum absolute atomic E-state index is 12.6. The number of hydrogen-bond acceptors (Lipinski definition) is 8. The summed E-state index contributed by atoms with van der Waals surface area (Å²) < 4.78 is 80.0. The molecule has 170 valence electrons. The number of nitrogens with zero attached hydrogens (tertiary/aromatic N) is 4. The van der Waals surface area contributed by atoms with Crippen molar-refractivity contribution in [3.8, 4) is 23.0 Å². The molecule has 0 unspecified atom stereocenters. The van der Waals surface area contributed by atoms with Gasteiger partial charge < -0.3 is 9.47 Å². The van der Waals surface area contributed by atoms with Gasteiger partial charge in [-0.15, -0.1) is 0 Å². The maximum Gasteiger partial charge on any atom is 0.316 e. The summed E-state index contributed by atoms with van der Waals surface area (Å²) in [6, 6.07) is 6.49. The van der Waals surface area contributed by atoms with E-state index in [2.05, 4.69) is 56.5 Å². The van der Waals surface area contributed by atoms with Gasteiger partial charge in [-0.2, -0.15) is 13.1 Å². The van der Waals surface area contributed by atoms with Gasteiger partial charge >= 0.3 is 6.01 Å². The van der Waals surface area contributed by atoms with Crippen LogP contribution in [0.5, 0.6) is 11.9 Å². The molecule has 0 saturated heterocycles. The molecule has 0 amide bonds. The normalized spacial score (nSPS) is 13.9. The molecule has 2 N–H and O–H groups in total.